The van der Waals surface area contributed by atoms with Crippen LogP contribution in [0.3, 0.4) is 0 Å². The number of hydrogen-bond acceptors (Lipinski definition) is 6. The van der Waals surface area contributed by atoms with E-state index in [0.717, 1.165) is 10.8 Å². The molecule has 0 fully saturated rings. The number of amides is 2. The second-order valence-electron chi connectivity index (χ2n) is 9.43. The first-order chi connectivity index (χ1) is 17.6. The Labute approximate surface area is 220 Å². The lowest BCUT2D eigenvalue weighted by Crippen LogP contribution is -2.43. The van der Waals surface area contributed by atoms with Crippen LogP contribution < -0.4 is 16.0 Å². The molecule has 0 saturated carbocycles. The summed E-state index contributed by atoms with van der Waals surface area (Å²) < 4.78 is 19.4. The number of aromatic nitrogens is 1. The smallest absolute Gasteiger partial charge is 0.412 e. The Morgan fingerprint density at radius 3 is 2.68 bits per heavy atom. The summed E-state index contributed by atoms with van der Waals surface area (Å²) in [4.78, 5) is 29.1. The molecule has 2 amide bonds. The van der Waals surface area contributed by atoms with Gasteiger partial charge in [0.1, 0.15) is 18.2 Å². The Bertz CT molecular complexity index is 1220. The lowest BCUT2D eigenvalue weighted by Gasteiger charge is -2.22. The number of anilines is 1. The lowest BCUT2D eigenvalue weighted by atomic mass is 9.99. The Kier molecular flexibility index (Phi) is 10.2. The number of carbonyl (C=O) groups is 2. The molecule has 3 aromatic rings. The van der Waals surface area contributed by atoms with Crippen molar-refractivity contribution >= 4 is 40.2 Å². The van der Waals surface area contributed by atoms with Gasteiger partial charge in [0.2, 0.25) is 5.91 Å². The minimum Gasteiger partial charge on any atom is -0.447 e. The number of benzene rings is 2. The van der Waals surface area contributed by atoms with Crippen molar-refractivity contribution in [2.45, 2.75) is 51.3 Å². The zero-order chi connectivity index (χ0) is 26.8. The Morgan fingerprint density at radius 1 is 1.16 bits per heavy atom. The van der Waals surface area contributed by atoms with Crippen molar-refractivity contribution in [2.24, 2.45) is 0 Å². The van der Waals surface area contributed by atoms with Gasteiger partial charge in [0.05, 0.1) is 23.2 Å². The van der Waals surface area contributed by atoms with E-state index in [-0.39, 0.29) is 30.6 Å². The fraction of sp³-hybridized carbons (Fsp3) is 0.370. The van der Waals surface area contributed by atoms with Crippen molar-refractivity contribution in [1.29, 1.82) is 0 Å². The van der Waals surface area contributed by atoms with Gasteiger partial charge in [-0.1, -0.05) is 48.0 Å². The maximum absolute atomic E-state index is 14.0. The Balaban J connectivity index is 1.51. The van der Waals surface area contributed by atoms with Crippen LogP contribution in [-0.4, -0.2) is 46.9 Å². The van der Waals surface area contributed by atoms with E-state index in [9.17, 15) is 19.1 Å². The van der Waals surface area contributed by atoms with Crippen LogP contribution in [-0.2, 0) is 16.1 Å². The summed E-state index contributed by atoms with van der Waals surface area (Å²) in [7, 11) is 0. The first-order valence-corrected chi connectivity index (χ1v) is 12.4. The highest BCUT2D eigenvalue weighted by Gasteiger charge is 2.18. The molecule has 0 aliphatic heterocycles. The van der Waals surface area contributed by atoms with E-state index in [1.807, 2.05) is 24.3 Å². The number of ether oxygens (including phenoxy) is 1. The largest absolute Gasteiger partial charge is 0.447 e. The molecule has 10 heteroatoms. The third-order valence-electron chi connectivity index (χ3n) is 5.62. The first kappa shape index (κ1) is 28.3. The summed E-state index contributed by atoms with van der Waals surface area (Å²) in [5, 5.41) is 20.2. The molecule has 8 nitrogen and oxygen atoms in total. The molecular weight excluding hydrogens is 499 g/mol. The number of carbonyl (C=O) groups excluding carboxylic acids is 2. The molecule has 3 rings (SSSR count). The number of fused-ring (bicyclic) bond motifs is 1. The van der Waals surface area contributed by atoms with Gasteiger partial charge in [-0.2, -0.15) is 0 Å². The van der Waals surface area contributed by atoms with Crippen molar-refractivity contribution in [3.8, 4) is 0 Å². The van der Waals surface area contributed by atoms with E-state index in [4.69, 9.17) is 16.3 Å². The summed E-state index contributed by atoms with van der Waals surface area (Å²) in [6.07, 6.45) is 2.57. The standard InChI is InChI=1S/C27H32ClFN4O4/c1-27(2,36)12-6-10-21(32-24(34)16-30-14-20-9-5-11-22(28)25(20)29)17-37-26(35)33-23-13-18-7-3-4-8-19(18)15-31-23/h3-5,7-9,11,13,15,21,30,36H,6,10,12,14,16-17H2,1-2H3,(H,32,34)(H,31,33,35)/t21-/m0/s1. The number of hydrogen-bond donors (Lipinski definition) is 4. The van der Waals surface area contributed by atoms with Gasteiger partial charge in [-0.25, -0.2) is 14.2 Å². The molecular formula is C27H32ClFN4O4. The second kappa shape index (κ2) is 13.3. The van der Waals surface area contributed by atoms with Crippen LogP contribution in [0.5, 0.6) is 0 Å². The van der Waals surface area contributed by atoms with Crippen LogP contribution in [0.1, 0.15) is 38.7 Å². The average molecular weight is 531 g/mol. The van der Waals surface area contributed by atoms with Gasteiger partial charge in [0.15, 0.2) is 0 Å². The molecule has 0 aliphatic rings. The van der Waals surface area contributed by atoms with E-state index >= 15 is 0 Å². The van der Waals surface area contributed by atoms with E-state index in [1.165, 1.54) is 6.07 Å². The van der Waals surface area contributed by atoms with Crippen molar-refractivity contribution in [2.75, 3.05) is 18.5 Å². The summed E-state index contributed by atoms with van der Waals surface area (Å²) in [5.74, 6) is -0.512. The van der Waals surface area contributed by atoms with Crippen LogP contribution in [0, 0.1) is 5.82 Å². The minimum atomic E-state index is -0.850. The topological polar surface area (TPSA) is 113 Å². The SMILES string of the molecule is CC(C)(O)CCC[C@@H](COC(=O)Nc1cc2ccccc2cn1)NC(=O)CNCc1cccc(Cl)c1F. The fourth-order valence-electron chi connectivity index (χ4n) is 3.72. The van der Waals surface area contributed by atoms with Gasteiger partial charge < -0.3 is 20.5 Å². The molecule has 37 heavy (non-hydrogen) atoms. The molecule has 0 saturated heterocycles. The van der Waals surface area contributed by atoms with Gasteiger partial charge in [0, 0.05) is 23.7 Å². The van der Waals surface area contributed by atoms with E-state index in [1.54, 1.807) is 38.2 Å². The molecule has 1 atom stereocenters. The van der Waals surface area contributed by atoms with E-state index in [0.29, 0.717) is 30.6 Å². The maximum atomic E-state index is 14.0. The van der Waals surface area contributed by atoms with Crippen molar-refractivity contribution in [3.05, 3.63) is 71.1 Å². The third-order valence-corrected chi connectivity index (χ3v) is 5.91. The number of nitrogens with zero attached hydrogens (tertiary/aromatic N) is 1. The minimum absolute atomic E-state index is 0.0185. The summed E-state index contributed by atoms with van der Waals surface area (Å²) in [6.45, 7) is 3.40. The second-order valence-corrected chi connectivity index (χ2v) is 9.83. The molecule has 2 aromatic carbocycles. The van der Waals surface area contributed by atoms with Gasteiger partial charge in [0.25, 0.3) is 0 Å². The lowest BCUT2D eigenvalue weighted by molar-refractivity contribution is -0.121. The number of rotatable bonds is 12. The van der Waals surface area contributed by atoms with Gasteiger partial charge in [-0.05, 0) is 50.6 Å². The van der Waals surface area contributed by atoms with Crippen LogP contribution >= 0.6 is 11.6 Å². The third kappa shape index (κ3) is 9.60. The highest BCUT2D eigenvalue weighted by molar-refractivity contribution is 6.30. The highest BCUT2D eigenvalue weighted by Crippen LogP contribution is 2.18. The zero-order valence-corrected chi connectivity index (χ0v) is 21.6. The summed E-state index contributed by atoms with van der Waals surface area (Å²) >= 11 is 5.79. The number of pyridine rings is 1. The average Bonchev–Trinajstić information content (AvgIpc) is 2.84. The van der Waals surface area contributed by atoms with E-state index in [2.05, 4.69) is 20.9 Å². The molecule has 4 N–H and O–H groups in total. The molecule has 0 radical (unpaired) electrons. The predicted octanol–water partition coefficient (Wildman–Crippen LogP) is 4.79. The molecule has 0 unspecified atom stereocenters. The molecule has 0 spiro atoms. The van der Waals surface area contributed by atoms with Crippen molar-refractivity contribution in [3.63, 3.8) is 0 Å². The van der Waals surface area contributed by atoms with Crippen molar-refractivity contribution in [1.82, 2.24) is 15.6 Å². The van der Waals surface area contributed by atoms with Crippen LogP contribution in [0.2, 0.25) is 5.02 Å². The quantitative estimate of drug-likeness (QED) is 0.268. The Hall–Kier alpha value is -3.27. The molecule has 0 bridgehead atoms. The van der Waals surface area contributed by atoms with Crippen LogP contribution in [0.15, 0.2) is 54.7 Å². The van der Waals surface area contributed by atoms with Gasteiger partial charge in [-0.15, -0.1) is 0 Å². The Morgan fingerprint density at radius 2 is 1.92 bits per heavy atom. The number of aliphatic hydroxyl groups is 1. The first-order valence-electron chi connectivity index (χ1n) is 12.0. The van der Waals surface area contributed by atoms with Gasteiger partial charge in [-0.3, -0.25) is 10.1 Å². The van der Waals surface area contributed by atoms with Crippen molar-refractivity contribution < 1.29 is 23.8 Å². The maximum Gasteiger partial charge on any atom is 0.412 e. The van der Waals surface area contributed by atoms with Gasteiger partial charge >= 0.3 is 6.09 Å². The predicted molar refractivity (Wildman–Crippen MR) is 142 cm³/mol. The zero-order valence-electron chi connectivity index (χ0n) is 20.9. The van der Waals surface area contributed by atoms with E-state index < -0.39 is 23.6 Å². The number of halogens is 2. The number of nitrogens with one attached hydrogen (secondary N) is 3. The molecule has 198 valence electrons. The highest BCUT2D eigenvalue weighted by atomic mass is 35.5. The molecule has 0 aliphatic carbocycles. The normalized spacial score (nSPS) is 12.2. The molecule has 1 heterocycles. The summed E-state index contributed by atoms with van der Waals surface area (Å²) in [6, 6.07) is 13.6. The fourth-order valence-corrected chi connectivity index (χ4v) is 3.92. The summed E-state index contributed by atoms with van der Waals surface area (Å²) in [5.41, 5.74) is -0.499. The molecule has 1 aromatic heterocycles. The van der Waals surface area contributed by atoms with Crippen LogP contribution in [0.4, 0.5) is 15.0 Å². The monoisotopic (exact) mass is 530 g/mol. The van der Waals surface area contributed by atoms with Crippen LogP contribution in [0.25, 0.3) is 10.8 Å².